The molecular formula is C27H39BrN4ORu-2. The molecule has 0 aliphatic carbocycles. The monoisotopic (exact) mass is 616 g/mol. The van der Waals surface area contributed by atoms with E-state index in [4.69, 9.17) is 9.78 Å². The molecule has 1 aliphatic rings. The van der Waals surface area contributed by atoms with Gasteiger partial charge in [0.25, 0.3) is 0 Å². The molecule has 0 bridgehead atoms. The van der Waals surface area contributed by atoms with E-state index in [1.54, 1.807) is 0 Å². The SMILES string of the molecule is CCN(CC)Cc1cccc(CN2C=CN(c3c(C(C)C)cccc3C(C)C)[CH-]2)n1.[Br][RuH].[CH-]=O. The van der Waals surface area contributed by atoms with Crippen molar-refractivity contribution in [2.45, 2.75) is 66.5 Å². The van der Waals surface area contributed by atoms with Gasteiger partial charge in [-0.05, 0) is 60.6 Å². The Balaban J connectivity index is 0.00000137. The van der Waals surface area contributed by atoms with E-state index in [9.17, 15) is 0 Å². The van der Waals surface area contributed by atoms with Crippen molar-refractivity contribution in [2.75, 3.05) is 18.0 Å². The Kier molecular flexibility index (Phi) is 14.5. The van der Waals surface area contributed by atoms with Crippen molar-refractivity contribution in [1.82, 2.24) is 14.8 Å². The van der Waals surface area contributed by atoms with Gasteiger partial charge in [0.1, 0.15) is 0 Å². The van der Waals surface area contributed by atoms with Gasteiger partial charge in [-0.1, -0.05) is 65.8 Å². The van der Waals surface area contributed by atoms with E-state index < -0.39 is 0 Å². The predicted molar refractivity (Wildman–Crippen MR) is 144 cm³/mol. The van der Waals surface area contributed by atoms with Crippen LogP contribution >= 0.6 is 13.6 Å². The van der Waals surface area contributed by atoms with Crippen molar-refractivity contribution in [3.63, 3.8) is 0 Å². The summed E-state index contributed by atoms with van der Waals surface area (Å²) in [6.07, 6.45) is 4.33. The fourth-order valence-electron chi connectivity index (χ4n) is 4.00. The van der Waals surface area contributed by atoms with Crippen LogP contribution in [0.3, 0.4) is 0 Å². The molecule has 34 heavy (non-hydrogen) atoms. The molecule has 0 N–H and O–H groups in total. The van der Waals surface area contributed by atoms with E-state index in [2.05, 4.69) is 132 Å². The van der Waals surface area contributed by atoms with Gasteiger partial charge in [0.15, 0.2) is 0 Å². The second-order valence-electron chi connectivity index (χ2n) is 8.67. The Morgan fingerprint density at radius 1 is 0.941 bits per heavy atom. The molecule has 0 atom stereocenters. The van der Waals surface area contributed by atoms with Crippen molar-refractivity contribution in [3.8, 4) is 0 Å². The Morgan fingerprint density at radius 2 is 1.47 bits per heavy atom. The molecule has 1 aromatic heterocycles. The van der Waals surface area contributed by atoms with Gasteiger partial charge >= 0.3 is 30.0 Å². The number of rotatable bonds is 9. The zero-order valence-corrected chi connectivity index (χ0v) is 24.7. The second-order valence-corrected chi connectivity index (χ2v) is 8.67. The van der Waals surface area contributed by atoms with Gasteiger partial charge in [-0.15, -0.1) is 0 Å². The number of aromatic nitrogens is 1. The molecule has 2 heterocycles. The van der Waals surface area contributed by atoms with E-state index in [1.807, 2.05) is 16.3 Å². The van der Waals surface area contributed by atoms with Crippen molar-refractivity contribution >= 4 is 26.1 Å². The van der Waals surface area contributed by atoms with E-state index in [-0.39, 0.29) is 0 Å². The normalized spacial score (nSPS) is 12.7. The van der Waals surface area contributed by atoms with Crippen molar-refractivity contribution in [3.05, 3.63) is 78.0 Å². The standard InChI is InChI=1S/C26H37N4.CHO.BrH.Ru.H/c1-7-28(8-2)17-22-11-9-12-23(27-22)18-29-15-16-30(19-29)26-24(20(3)4)13-10-14-25(26)21(5)6;1-2;;;/h9-16,19-21H,7-8,17-18H2,1-6H3;1H;1H;;/q2*-1;;+1;/p-1. The van der Waals surface area contributed by atoms with E-state index in [0.29, 0.717) is 11.8 Å². The number of halogens is 1. The number of pyridine rings is 1. The van der Waals surface area contributed by atoms with E-state index >= 15 is 0 Å². The van der Waals surface area contributed by atoms with Gasteiger partial charge in [0.05, 0.1) is 11.4 Å². The average molecular weight is 617 g/mol. The average Bonchev–Trinajstić information content (AvgIpc) is 3.32. The number of anilines is 1. The molecule has 1 aromatic carbocycles. The first-order valence-corrected chi connectivity index (χ1v) is 15.9. The van der Waals surface area contributed by atoms with Gasteiger partial charge < -0.3 is 14.6 Å². The van der Waals surface area contributed by atoms with Crippen LogP contribution in [0.4, 0.5) is 5.69 Å². The zero-order valence-electron chi connectivity index (χ0n) is 21.2. The number of nitrogens with zero attached hydrogens (tertiary/aromatic N) is 4. The number of carbonyl (C=O) groups excluding carboxylic acids is 1. The maximum atomic E-state index is 7.75. The molecular weight excluding hydrogens is 577 g/mol. The topological polar surface area (TPSA) is 39.7 Å². The Morgan fingerprint density at radius 3 is 2.00 bits per heavy atom. The first-order chi connectivity index (χ1) is 16.4. The number of para-hydroxylation sites is 1. The maximum Gasteiger partial charge on any atom is -0.282 e. The Bertz CT molecular complexity index is 860. The first-order valence-electron chi connectivity index (χ1n) is 11.7. The van der Waals surface area contributed by atoms with Crippen molar-refractivity contribution in [2.24, 2.45) is 0 Å². The molecule has 0 unspecified atom stereocenters. The summed E-state index contributed by atoms with van der Waals surface area (Å²) in [5.41, 5.74) is 6.35. The molecule has 7 heteroatoms. The quantitative estimate of drug-likeness (QED) is 0.186. The summed E-state index contributed by atoms with van der Waals surface area (Å²) < 4.78 is 0. The third kappa shape index (κ3) is 8.59. The fourth-order valence-corrected chi connectivity index (χ4v) is 4.00. The second kappa shape index (κ2) is 16.2. The van der Waals surface area contributed by atoms with E-state index in [0.717, 1.165) is 37.6 Å². The largest absolute Gasteiger partial charge is 0.545 e. The molecule has 5 nitrogen and oxygen atoms in total. The first kappa shape index (κ1) is 30.5. The van der Waals surface area contributed by atoms with Gasteiger partial charge in [0, 0.05) is 18.8 Å². The van der Waals surface area contributed by atoms with Crippen LogP contribution in [0.2, 0.25) is 0 Å². The zero-order chi connectivity index (χ0) is 25.7. The van der Waals surface area contributed by atoms with Crippen molar-refractivity contribution in [1.29, 1.82) is 0 Å². The third-order valence-electron chi connectivity index (χ3n) is 5.78. The van der Waals surface area contributed by atoms with Crippen LogP contribution in [0.15, 0.2) is 48.8 Å². The molecule has 2 aromatic rings. The summed E-state index contributed by atoms with van der Waals surface area (Å²) in [5, 5.41) is 0. The summed E-state index contributed by atoms with van der Waals surface area (Å²) in [5.74, 6) is 0.959. The predicted octanol–water partition coefficient (Wildman–Crippen LogP) is 6.38. The summed E-state index contributed by atoms with van der Waals surface area (Å²) >= 11 is 4.87. The molecule has 190 valence electrons. The van der Waals surface area contributed by atoms with Crippen LogP contribution in [-0.2, 0) is 34.2 Å². The summed E-state index contributed by atoms with van der Waals surface area (Å²) in [6, 6.07) is 13.1. The molecule has 0 amide bonds. The van der Waals surface area contributed by atoms with Crippen LogP contribution in [0.5, 0.6) is 0 Å². The molecule has 0 saturated heterocycles. The number of benzene rings is 1. The van der Waals surface area contributed by atoms with Crippen LogP contribution in [-0.4, -0.2) is 34.7 Å². The molecule has 0 saturated carbocycles. The third-order valence-corrected chi connectivity index (χ3v) is 5.78. The van der Waals surface area contributed by atoms with Crippen LogP contribution in [0, 0.1) is 6.67 Å². The fraction of sp³-hybridized carbons (Fsp3) is 0.444. The van der Waals surface area contributed by atoms with Gasteiger partial charge in [-0.3, -0.25) is 16.7 Å². The van der Waals surface area contributed by atoms with Crippen LogP contribution < -0.4 is 4.90 Å². The Labute approximate surface area is 223 Å². The molecule has 0 fully saturated rings. The molecule has 0 spiro atoms. The van der Waals surface area contributed by atoms with E-state index in [1.165, 1.54) is 16.8 Å². The number of hydrogen-bond donors (Lipinski definition) is 0. The maximum absolute atomic E-state index is 7.75. The molecule has 1 aliphatic heterocycles. The summed E-state index contributed by atoms with van der Waals surface area (Å²) in [4.78, 5) is 19.6. The van der Waals surface area contributed by atoms with Crippen LogP contribution in [0.1, 0.15) is 75.9 Å². The Hall–Kier alpha value is -1.56. The van der Waals surface area contributed by atoms with Crippen LogP contribution in [0.25, 0.3) is 0 Å². The summed E-state index contributed by atoms with van der Waals surface area (Å²) in [7, 11) is 0. The molecule has 0 radical (unpaired) electrons. The van der Waals surface area contributed by atoms with Gasteiger partial charge in [-0.25, -0.2) is 0 Å². The summed E-state index contributed by atoms with van der Waals surface area (Å²) in [6.45, 7) is 22.7. The minimum atomic E-state index is 0.480. The van der Waals surface area contributed by atoms with Crippen molar-refractivity contribution < 1.29 is 21.1 Å². The van der Waals surface area contributed by atoms with Gasteiger partial charge in [-0.2, -0.15) is 6.67 Å². The number of hydrogen-bond acceptors (Lipinski definition) is 5. The minimum Gasteiger partial charge on any atom is -0.545 e. The minimum absolute atomic E-state index is 0.480. The van der Waals surface area contributed by atoms with Gasteiger partial charge in [0.2, 0.25) is 0 Å². The smallest absolute Gasteiger partial charge is 0.282 e. The molecule has 3 rings (SSSR count).